The second-order valence-electron chi connectivity index (χ2n) is 5.56. The third kappa shape index (κ3) is 2.68. The second-order valence-corrected chi connectivity index (χ2v) is 6.95. The van der Waals surface area contributed by atoms with E-state index >= 15 is 0 Å². The number of phenols is 1. The third-order valence-corrected chi connectivity index (χ3v) is 4.71. The van der Waals surface area contributed by atoms with E-state index in [4.69, 9.17) is 4.42 Å². The lowest BCUT2D eigenvalue weighted by atomic mass is 10.00. The lowest BCUT2D eigenvalue weighted by molar-refractivity contribution is 0.458. The summed E-state index contributed by atoms with van der Waals surface area (Å²) in [5, 5.41) is 11.1. The van der Waals surface area contributed by atoms with E-state index in [1.807, 2.05) is 0 Å². The highest BCUT2D eigenvalue weighted by Crippen LogP contribution is 2.39. The van der Waals surface area contributed by atoms with E-state index in [0.29, 0.717) is 10.9 Å². The summed E-state index contributed by atoms with van der Waals surface area (Å²) in [6.45, 7) is 3.45. The van der Waals surface area contributed by atoms with Crippen molar-refractivity contribution < 1.29 is 22.5 Å². The summed E-state index contributed by atoms with van der Waals surface area (Å²) in [6, 6.07) is 8.77. The summed E-state index contributed by atoms with van der Waals surface area (Å²) < 4.78 is 37.7. The lowest BCUT2D eigenvalue weighted by Crippen LogP contribution is -2.02. The fourth-order valence-electron chi connectivity index (χ4n) is 2.67. The van der Waals surface area contributed by atoms with Gasteiger partial charge in [0.15, 0.2) is 11.3 Å². The van der Waals surface area contributed by atoms with Crippen molar-refractivity contribution in [3.8, 4) is 16.9 Å². The normalized spacial score (nSPS) is 11.8. The van der Waals surface area contributed by atoms with Crippen LogP contribution < -0.4 is 5.63 Å². The van der Waals surface area contributed by atoms with Crippen LogP contribution in [0.3, 0.4) is 0 Å². The van der Waals surface area contributed by atoms with Gasteiger partial charge >= 0.3 is 5.63 Å². The van der Waals surface area contributed by atoms with Gasteiger partial charge in [-0.25, -0.2) is 4.79 Å². The van der Waals surface area contributed by atoms with E-state index in [2.05, 4.69) is 0 Å². The molecule has 0 aliphatic carbocycles. The minimum Gasteiger partial charge on any atom is -0.504 e. The van der Waals surface area contributed by atoms with Gasteiger partial charge in [0, 0.05) is 22.6 Å². The molecule has 0 spiro atoms. The van der Waals surface area contributed by atoms with Crippen LogP contribution in [0.15, 0.2) is 50.5 Å². The zero-order chi connectivity index (χ0) is 17.6. The van der Waals surface area contributed by atoms with Gasteiger partial charge in [0.1, 0.15) is 4.90 Å². The molecule has 0 unspecified atom stereocenters. The number of benzene rings is 2. The molecular formula is C17H14O6S. The first-order valence-corrected chi connectivity index (χ1v) is 8.47. The van der Waals surface area contributed by atoms with E-state index < -0.39 is 15.7 Å². The summed E-state index contributed by atoms with van der Waals surface area (Å²) >= 11 is 0. The quantitative estimate of drug-likeness (QED) is 0.546. The maximum Gasteiger partial charge on any atom is 0.336 e. The van der Waals surface area contributed by atoms with Crippen LogP contribution in [-0.2, 0) is 10.1 Å². The standard InChI is InChI=1S/C17H14O6S/c1-9-3-6-14(24(20,21)22)13(7-9)12-5-4-11-10(2)8-15(18)23-17(11)16(12)19/h3-8,19H,1-2H3,(H,20,21,22). The van der Waals surface area contributed by atoms with Gasteiger partial charge in [-0.3, -0.25) is 4.55 Å². The van der Waals surface area contributed by atoms with Crippen LogP contribution in [0.25, 0.3) is 22.1 Å². The molecule has 3 aromatic rings. The van der Waals surface area contributed by atoms with Crippen molar-refractivity contribution >= 4 is 21.1 Å². The van der Waals surface area contributed by atoms with Gasteiger partial charge in [-0.1, -0.05) is 17.7 Å². The molecule has 0 saturated heterocycles. The molecule has 24 heavy (non-hydrogen) atoms. The fraction of sp³-hybridized carbons (Fsp3) is 0.118. The van der Waals surface area contributed by atoms with Crippen molar-refractivity contribution in [1.29, 1.82) is 0 Å². The number of fused-ring (bicyclic) bond motifs is 1. The lowest BCUT2D eigenvalue weighted by Gasteiger charge is -2.12. The van der Waals surface area contributed by atoms with E-state index in [1.54, 1.807) is 19.9 Å². The largest absolute Gasteiger partial charge is 0.504 e. The van der Waals surface area contributed by atoms with Crippen LogP contribution in [0, 0.1) is 13.8 Å². The summed E-state index contributed by atoms with van der Waals surface area (Å²) in [5.41, 5.74) is 0.991. The van der Waals surface area contributed by atoms with E-state index in [-0.39, 0.29) is 27.4 Å². The number of hydrogen-bond donors (Lipinski definition) is 2. The summed E-state index contributed by atoms with van der Waals surface area (Å²) in [7, 11) is -4.49. The Hall–Kier alpha value is -2.64. The molecular weight excluding hydrogens is 332 g/mol. The Kier molecular flexibility index (Phi) is 3.70. The minimum absolute atomic E-state index is 0.0275. The van der Waals surface area contributed by atoms with E-state index in [0.717, 1.165) is 5.56 Å². The van der Waals surface area contributed by atoms with Gasteiger partial charge in [0.25, 0.3) is 10.1 Å². The van der Waals surface area contributed by atoms with Crippen LogP contribution >= 0.6 is 0 Å². The Balaban J connectivity index is 2.42. The topological polar surface area (TPSA) is 105 Å². The average molecular weight is 346 g/mol. The van der Waals surface area contributed by atoms with Crippen molar-refractivity contribution in [3.05, 3.63) is 57.9 Å². The van der Waals surface area contributed by atoms with Crippen LogP contribution in [0.5, 0.6) is 5.75 Å². The molecule has 1 aromatic heterocycles. The predicted molar refractivity (Wildman–Crippen MR) is 88.9 cm³/mol. The monoisotopic (exact) mass is 346 g/mol. The Bertz CT molecular complexity index is 1130. The minimum atomic E-state index is -4.49. The SMILES string of the molecule is Cc1ccc(S(=O)(=O)O)c(-c2ccc3c(C)cc(=O)oc3c2O)c1. The number of phenolic OH excluding ortho intramolecular Hbond substituents is 1. The van der Waals surface area contributed by atoms with Gasteiger partial charge in [-0.05, 0) is 37.6 Å². The van der Waals surface area contributed by atoms with Crippen molar-refractivity contribution in [2.24, 2.45) is 0 Å². The molecule has 0 fully saturated rings. The molecule has 3 rings (SSSR count). The maximum absolute atomic E-state index is 11.6. The van der Waals surface area contributed by atoms with Gasteiger partial charge in [0.2, 0.25) is 0 Å². The second kappa shape index (κ2) is 5.47. The summed E-state index contributed by atoms with van der Waals surface area (Å²) in [4.78, 5) is 11.2. The molecule has 0 atom stereocenters. The maximum atomic E-state index is 11.6. The molecule has 0 radical (unpaired) electrons. The third-order valence-electron chi connectivity index (χ3n) is 3.80. The van der Waals surface area contributed by atoms with Gasteiger partial charge in [-0.15, -0.1) is 0 Å². The van der Waals surface area contributed by atoms with Crippen molar-refractivity contribution in [1.82, 2.24) is 0 Å². The van der Waals surface area contributed by atoms with Crippen LogP contribution in [0.2, 0.25) is 0 Å². The number of aromatic hydroxyl groups is 1. The molecule has 124 valence electrons. The zero-order valence-corrected chi connectivity index (χ0v) is 13.7. The first-order chi connectivity index (χ1) is 11.2. The predicted octanol–water partition coefficient (Wildman–Crippen LogP) is 3.03. The van der Waals surface area contributed by atoms with Crippen molar-refractivity contribution in [2.45, 2.75) is 18.7 Å². The number of hydrogen-bond acceptors (Lipinski definition) is 5. The highest BCUT2D eigenvalue weighted by molar-refractivity contribution is 7.86. The van der Waals surface area contributed by atoms with Crippen LogP contribution in [0.4, 0.5) is 0 Å². The molecule has 0 amide bonds. The highest BCUT2D eigenvalue weighted by Gasteiger charge is 2.21. The first-order valence-electron chi connectivity index (χ1n) is 7.03. The molecule has 2 N–H and O–H groups in total. The molecule has 2 aromatic carbocycles. The highest BCUT2D eigenvalue weighted by atomic mass is 32.2. The van der Waals surface area contributed by atoms with Gasteiger partial charge in [-0.2, -0.15) is 8.42 Å². The fourth-order valence-corrected chi connectivity index (χ4v) is 3.35. The first kappa shape index (κ1) is 16.2. The van der Waals surface area contributed by atoms with Crippen molar-refractivity contribution in [2.75, 3.05) is 0 Å². The Morgan fingerprint density at radius 1 is 1.00 bits per heavy atom. The molecule has 0 aliphatic rings. The zero-order valence-electron chi connectivity index (χ0n) is 12.9. The molecule has 0 aliphatic heterocycles. The van der Waals surface area contributed by atoms with E-state index in [9.17, 15) is 22.9 Å². The summed E-state index contributed by atoms with van der Waals surface area (Å²) in [5.74, 6) is -0.358. The van der Waals surface area contributed by atoms with Gasteiger partial charge in [0.05, 0.1) is 0 Å². The molecule has 1 heterocycles. The molecule has 7 heteroatoms. The van der Waals surface area contributed by atoms with Crippen LogP contribution in [0.1, 0.15) is 11.1 Å². The van der Waals surface area contributed by atoms with E-state index in [1.165, 1.54) is 30.3 Å². The van der Waals surface area contributed by atoms with Gasteiger partial charge < -0.3 is 9.52 Å². The molecule has 0 bridgehead atoms. The van der Waals surface area contributed by atoms with Crippen molar-refractivity contribution in [3.63, 3.8) is 0 Å². The number of rotatable bonds is 2. The number of aryl methyl sites for hydroxylation is 2. The van der Waals surface area contributed by atoms with Crippen LogP contribution in [-0.4, -0.2) is 18.1 Å². The Morgan fingerprint density at radius 3 is 2.38 bits per heavy atom. The molecule has 0 saturated carbocycles. The average Bonchev–Trinajstić information content (AvgIpc) is 2.47. The Morgan fingerprint density at radius 2 is 1.71 bits per heavy atom. The molecule has 6 nitrogen and oxygen atoms in total. The Labute approximate surface area is 137 Å². The summed E-state index contributed by atoms with van der Waals surface area (Å²) in [6.07, 6.45) is 0. The smallest absolute Gasteiger partial charge is 0.336 e.